The summed E-state index contributed by atoms with van der Waals surface area (Å²) in [6.07, 6.45) is 0.466. The highest BCUT2D eigenvalue weighted by atomic mass is 19.3. The van der Waals surface area contributed by atoms with Gasteiger partial charge in [0, 0.05) is 31.7 Å². The number of carbonyl (C=O) groups is 2. The van der Waals surface area contributed by atoms with E-state index in [1.54, 1.807) is 24.3 Å². The topological polar surface area (TPSA) is 49.4 Å². The van der Waals surface area contributed by atoms with Crippen molar-refractivity contribution in [2.24, 2.45) is 5.92 Å². The third kappa shape index (κ3) is 2.96. The minimum atomic E-state index is -2.77. The normalized spacial score (nSPS) is 24.2. The fourth-order valence-corrected chi connectivity index (χ4v) is 3.19. The Morgan fingerprint density at radius 3 is 2.86 bits per heavy atom. The molecule has 3 rings (SSSR count). The van der Waals surface area contributed by atoms with Gasteiger partial charge >= 0.3 is 0 Å². The van der Waals surface area contributed by atoms with Crippen LogP contribution in [0.25, 0.3) is 0 Å². The number of hydrogen-bond acceptors (Lipinski definition) is 2. The maximum absolute atomic E-state index is 13.6. The highest BCUT2D eigenvalue weighted by molar-refractivity contribution is 6.04. The van der Waals surface area contributed by atoms with E-state index in [1.807, 2.05) is 0 Å². The molecular formula is C16H18F2N2O2. The van der Waals surface area contributed by atoms with Crippen molar-refractivity contribution >= 4 is 23.2 Å². The average Bonchev–Trinajstić information content (AvgIpc) is 2.64. The zero-order valence-electron chi connectivity index (χ0n) is 12.1. The van der Waals surface area contributed by atoms with Crippen molar-refractivity contribution < 1.29 is 18.4 Å². The lowest BCUT2D eigenvalue weighted by atomic mass is 9.85. The first-order chi connectivity index (χ1) is 10.5. The lowest BCUT2D eigenvalue weighted by molar-refractivity contribution is -0.129. The Balaban J connectivity index is 1.87. The van der Waals surface area contributed by atoms with Crippen LogP contribution in [0.5, 0.6) is 0 Å². The van der Waals surface area contributed by atoms with Crippen LogP contribution in [0, 0.1) is 5.92 Å². The number of nitrogens with zero attached hydrogens (tertiary/aromatic N) is 1. The second-order valence-corrected chi connectivity index (χ2v) is 5.95. The van der Waals surface area contributed by atoms with E-state index >= 15 is 0 Å². The number of carbonyl (C=O) groups excluding carboxylic acids is 2. The van der Waals surface area contributed by atoms with Crippen LogP contribution in [0.4, 0.5) is 20.2 Å². The molecule has 22 heavy (non-hydrogen) atoms. The monoisotopic (exact) mass is 308 g/mol. The molecule has 0 radical (unpaired) electrons. The van der Waals surface area contributed by atoms with Gasteiger partial charge in [-0.3, -0.25) is 9.59 Å². The molecule has 0 saturated heterocycles. The summed E-state index contributed by atoms with van der Waals surface area (Å²) in [4.78, 5) is 25.9. The van der Waals surface area contributed by atoms with E-state index in [0.717, 1.165) is 0 Å². The van der Waals surface area contributed by atoms with E-state index in [9.17, 15) is 18.4 Å². The number of halogens is 2. The Morgan fingerprint density at radius 1 is 1.32 bits per heavy atom. The van der Waals surface area contributed by atoms with Gasteiger partial charge in [0.25, 0.3) is 0 Å². The van der Waals surface area contributed by atoms with Crippen LogP contribution >= 0.6 is 0 Å². The fraction of sp³-hybridized carbons (Fsp3) is 0.500. The quantitative estimate of drug-likeness (QED) is 0.866. The van der Waals surface area contributed by atoms with Crippen molar-refractivity contribution in [3.8, 4) is 0 Å². The summed E-state index contributed by atoms with van der Waals surface area (Å²) in [6, 6.07) is 6.99. The minimum Gasteiger partial charge on any atom is -0.324 e. The summed E-state index contributed by atoms with van der Waals surface area (Å²) in [6.45, 7) is 0.226. The Bertz CT molecular complexity index is 604. The predicted octanol–water partition coefficient (Wildman–Crippen LogP) is 3.19. The Morgan fingerprint density at radius 2 is 2.09 bits per heavy atom. The van der Waals surface area contributed by atoms with E-state index in [2.05, 4.69) is 5.32 Å². The summed E-state index contributed by atoms with van der Waals surface area (Å²) < 4.78 is 27.2. The molecule has 1 saturated carbocycles. The smallest absolute Gasteiger partial charge is 0.248 e. The number of para-hydroxylation sites is 2. The molecule has 4 nitrogen and oxygen atoms in total. The first kappa shape index (κ1) is 14.9. The molecule has 1 aliphatic heterocycles. The SMILES string of the molecule is O=C1CCN(C(=O)[C@H]2CCCC(F)(F)C2)c2ccccc2N1. The van der Waals surface area contributed by atoms with Crippen LogP contribution in [0.15, 0.2) is 24.3 Å². The van der Waals surface area contributed by atoms with Gasteiger partial charge in [-0.2, -0.15) is 0 Å². The first-order valence-corrected chi connectivity index (χ1v) is 7.54. The van der Waals surface area contributed by atoms with Crippen LogP contribution in [0.1, 0.15) is 32.1 Å². The number of anilines is 2. The molecule has 0 aromatic heterocycles. The van der Waals surface area contributed by atoms with Gasteiger partial charge in [0.05, 0.1) is 11.4 Å². The van der Waals surface area contributed by atoms with Crippen LogP contribution in [0.2, 0.25) is 0 Å². The standard InChI is InChI=1S/C16H18F2N2O2/c17-16(18)8-3-4-11(10-16)15(22)20-9-7-14(21)19-12-5-1-2-6-13(12)20/h1-2,5-6,11H,3-4,7-10H2,(H,19,21)/t11-/m0/s1. The Labute approximate surface area is 127 Å². The van der Waals surface area contributed by atoms with Gasteiger partial charge in [-0.15, -0.1) is 0 Å². The molecule has 1 aliphatic carbocycles. The van der Waals surface area contributed by atoms with Crippen molar-refractivity contribution in [1.29, 1.82) is 0 Å². The van der Waals surface area contributed by atoms with Crippen molar-refractivity contribution in [1.82, 2.24) is 0 Å². The van der Waals surface area contributed by atoms with Crippen molar-refractivity contribution in [3.63, 3.8) is 0 Å². The Hall–Kier alpha value is -1.98. The molecular weight excluding hydrogens is 290 g/mol. The van der Waals surface area contributed by atoms with E-state index < -0.39 is 18.3 Å². The lowest BCUT2D eigenvalue weighted by Crippen LogP contribution is -2.41. The molecule has 1 N–H and O–H groups in total. The van der Waals surface area contributed by atoms with Crippen LogP contribution in [-0.2, 0) is 9.59 Å². The third-order valence-electron chi connectivity index (χ3n) is 4.29. The molecule has 2 amide bonds. The second-order valence-electron chi connectivity index (χ2n) is 5.95. The number of nitrogens with one attached hydrogen (secondary N) is 1. The van der Waals surface area contributed by atoms with Crippen LogP contribution in [-0.4, -0.2) is 24.3 Å². The Kier molecular flexibility index (Phi) is 3.85. The van der Waals surface area contributed by atoms with E-state index in [4.69, 9.17) is 0 Å². The average molecular weight is 308 g/mol. The molecule has 1 heterocycles. The summed E-state index contributed by atoms with van der Waals surface area (Å²) in [5.41, 5.74) is 1.15. The first-order valence-electron chi connectivity index (χ1n) is 7.54. The minimum absolute atomic E-state index is 0.145. The van der Waals surface area contributed by atoms with E-state index in [1.165, 1.54) is 4.90 Å². The summed E-state index contributed by atoms with van der Waals surface area (Å²) in [5.74, 6) is -3.91. The zero-order chi connectivity index (χ0) is 15.7. The molecule has 6 heteroatoms. The highest BCUT2D eigenvalue weighted by Crippen LogP contribution is 2.39. The fourth-order valence-electron chi connectivity index (χ4n) is 3.19. The summed E-state index contributed by atoms with van der Waals surface area (Å²) >= 11 is 0. The third-order valence-corrected chi connectivity index (χ3v) is 4.29. The zero-order valence-corrected chi connectivity index (χ0v) is 12.1. The largest absolute Gasteiger partial charge is 0.324 e. The van der Waals surface area contributed by atoms with Gasteiger partial charge in [0.1, 0.15) is 0 Å². The molecule has 2 aliphatic rings. The van der Waals surface area contributed by atoms with Gasteiger partial charge in [0.2, 0.25) is 17.7 Å². The van der Waals surface area contributed by atoms with Gasteiger partial charge in [-0.1, -0.05) is 12.1 Å². The van der Waals surface area contributed by atoms with Gasteiger partial charge < -0.3 is 10.2 Å². The van der Waals surface area contributed by atoms with Crippen molar-refractivity contribution in [3.05, 3.63) is 24.3 Å². The molecule has 0 bridgehead atoms. The van der Waals surface area contributed by atoms with Crippen molar-refractivity contribution in [2.75, 3.05) is 16.8 Å². The molecule has 0 spiro atoms. The summed E-state index contributed by atoms with van der Waals surface area (Å²) in [5, 5.41) is 2.75. The van der Waals surface area contributed by atoms with Crippen LogP contribution < -0.4 is 10.2 Å². The van der Waals surface area contributed by atoms with Gasteiger partial charge in [-0.05, 0) is 25.0 Å². The van der Waals surface area contributed by atoms with Crippen molar-refractivity contribution in [2.45, 2.75) is 38.0 Å². The second kappa shape index (κ2) is 5.66. The number of amides is 2. The molecule has 1 aromatic rings. The number of fused-ring (bicyclic) bond motifs is 1. The number of hydrogen-bond donors (Lipinski definition) is 1. The van der Waals surface area contributed by atoms with Crippen LogP contribution in [0.3, 0.4) is 0 Å². The molecule has 1 aromatic carbocycles. The summed E-state index contributed by atoms with van der Waals surface area (Å²) in [7, 11) is 0. The van der Waals surface area contributed by atoms with E-state index in [-0.39, 0.29) is 31.2 Å². The number of benzene rings is 1. The number of alkyl halides is 2. The lowest BCUT2D eigenvalue weighted by Gasteiger charge is -2.32. The maximum atomic E-state index is 13.6. The predicted molar refractivity (Wildman–Crippen MR) is 78.9 cm³/mol. The maximum Gasteiger partial charge on any atom is 0.248 e. The molecule has 0 unspecified atom stereocenters. The molecule has 1 fully saturated rings. The van der Waals surface area contributed by atoms with Gasteiger partial charge in [-0.25, -0.2) is 8.78 Å². The van der Waals surface area contributed by atoms with E-state index in [0.29, 0.717) is 24.2 Å². The number of rotatable bonds is 1. The highest BCUT2D eigenvalue weighted by Gasteiger charge is 2.41. The molecule has 1 atom stereocenters. The van der Waals surface area contributed by atoms with Gasteiger partial charge in [0.15, 0.2) is 0 Å². The molecule has 118 valence electrons.